The highest BCUT2D eigenvalue weighted by Crippen LogP contribution is 2.45. The molecular formula is C20H15F4N3O5S. The van der Waals surface area contributed by atoms with Crippen molar-refractivity contribution in [2.75, 3.05) is 10.7 Å². The van der Waals surface area contributed by atoms with Gasteiger partial charge in [-0.3, -0.25) is 14.1 Å². The Morgan fingerprint density at radius 1 is 1.18 bits per heavy atom. The molecule has 33 heavy (non-hydrogen) atoms. The lowest BCUT2D eigenvalue weighted by atomic mass is 10.1. The molecule has 0 unspecified atom stereocenters. The van der Waals surface area contributed by atoms with Crippen molar-refractivity contribution in [3.63, 3.8) is 0 Å². The number of carbonyl (C=O) groups is 1. The minimum absolute atomic E-state index is 0.00716. The van der Waals surface area contributed by atoms with Gasteiger partial charge in [-0.25, -0.2) is 22.2 Å². The Labute approximate surface area is 184 Å². The highest BCUT2D eigenvalue weighted by molar-refractivity contribution is 7.91. The predicted molar refractivity (Wildman–Crippen MR) is 106 cm³/mol. The number of amides is 1. The van der Waals surface area contributed by atoms with Crippen LogP contribution in [0, 0.1) is 0 Å². The van der Waals surface area contributed by atoms with Crippen molar-refractivity contribution in [1.82, 2.24) is 9.38 Å². The van der Waals surface area contributed by atoms with E-state index >= 15 is 0 Å². The van der Waals surface area contributed by atoms with Gasteiger partial charge in [0.1, 0.15) is 5.65 Å². The number of alkyl halides is 4. The van der Waals surface area contributed by atoms with Gasteiger partial charge in [0.05, 0.1) is 12.3 Å². The molecule has 3 aromatic rings. The van der Waals surface area contributed by atoms with Crippen LogP contribution in [-0.2, 0) is 22.3 Å². The molecule has 2 aliphatic heterocycles. The first-order chi connectivity index (χ1) is 15.3. The number of ether oxygens (including phenoxy) is 2. The van der Waals surface area contributed by atoms with Crippen molar-refractivity contribution in [2.45, 2.75) is 37.6 Å². The molecule has 0 atom stereocenters. The zero-order valence-corrected chi connectivity index (χ0v) is 17.9. The number of nitrogens with zero attached hydrogens (tertiary/aromatic N) is 3. The summed E-state index contributed by atoms with van der Waals surface area (Å²) in [5.41, 5.74) is -0.172. The molecule has 0 N–H and O–H groups in total. The largest absolute Gasteiger partial charge is 0.586 e. The second-order valence-electron chi connectivity index (χ2n) is 7.69. The number of anilines is 1. The summed E-state index contributed by atoms with van der Waals surface area (Å²) in [7, 11) is -3.96. The third-order valence-electron chi connectivity index (χ3n) is 5.43. The number of halogens is 4. The smallest absolute Gasteiger partial charge is 0.395 e. The van der Waals surface area contributed by atoms with Crippen molar-refractivity contribution in [2.24, 2.45) is 0 Å². The van der Waals surface area contributed by atoms with Gasteiger partial charge in [0, 0.05) is 24.2 Å². The summed E-state index contributed by atoms with van der Waals surface area (Å²) in [6.45, 7) is 1.90. The molecule has 2 aromatic heterocycles. The lowest BCUT2D eigenvalue weighted by Crippen LogP contribution is -2.26. The maximum absolute atomic E-state index is 13.8. The summed E-state index contributed by atoms with van der Waals surface area (Å²) >= 11 is 0. The monoisotopic (exact) mass is 485 g/mol. The standard InChI is InChI=1S/C20H15F4N3O5S/c1-3-33(29,30)18-16(25-15-7-11(19(2,21)22)4-5-26(15)18)27-9-10-6-13-14(8-12(10)17(27)28)32-20(23,24)31-13/h4-8H,3,9H2,1-2H3. The number of hydrogen-bond donors (Lipinski definition) is 0. The second kappa shape index (κ2) is 6.59. The van der Waals surface area contributed by atoms with E-state index in [1.54, 1.807) is 0 Å². The van der Waals surface area contributed by atoms with Gasteiger partial charge in [0.15, 0.2) is 32.2 Å². The molecular weight excluding hydrogens is 470 g/mol. The Hall–Kier alpha value is -3.35. The predicted octanol–water partition coefficient (Wildman–Crippen LogP) is 3.72. The summed E-state index contributed by atoms with van der Waals surface area (Å²) in [6.07, 6.45) is -2.70. The molecule has 2 aliphatic rings. The summed E-state index contributed by atoms with van der Waals surface area (Å²) in [5.74, 6) is -5.08. The van der Waals surface area contributed by atoms with Crippen LogP contribution >= 0.6 is 0 Å². The molecule has 1 amide bonds. The quantitative estimate of drug-likeness (QED) is 0.524. The van der Waals surface area contributed by atoms with E-state index in [4.69, 9.17) is 0 Å². The fraction of sp³-hybridized carbons (Fsp3) is 0.300. The van der Waals surface area contributed by atoms with Gasteiger partial charge < -0.3 is 9.47 Å². The van der Waals surface area contributed by atoms with Gasteiger partial charge in [0.25, 0.3) is 11.8 Å². The minimum Gasteiger partial charge on any atom is -0.395 e. The molecule has 174 valence electrons. The molecule has 0 bridgehead atoms. The summed E-state index contributed by atoms with van der Waals surface area (Å²) in [6, 6.07) is 4.42. The first kappa shape index (κ1) is 21.5. The van der Waals surface area contributed by atoms with Crippen molar-refractivity contribution in [1.29, 1.82) is 0 Å². The molecule has 0 aliphatic carbocycles. The molecule has 13 heteroatoms. The molecule has 0 saturated carbocycles. The zero-order valence-electron chi connectivity index (χ0n) is 17.1. The molecule has 0 radical (unpaired) electrons. The van der Waals surface area contributed by atoms with Crippen LogP contribution in [0.4, 0.5) is 23.4 Å². The number of aromatic nitrogens is 2. The average molecular weight is 485 g/mol. The van der Waals surface area contributed by atoms with Crippen LogP contribution in [0.25, 0.3) is 5.65 Å². The Bertz CT molecular complexity index is 1450. The van der Waals surface area contributed by atoms with E-state index in [2.05, 4.69) is 14.5 Å². The topological polar surface area (TPSA) is 90.2 Å². The molecule has 5 rings (SSSR count). The molecule has 0 spiro atoms. The number of sulfone groups is 1. The van der Waals surface area contributed by atoms with Gasteiger partial charge in [0.2, 0.25) is 0 Å². The van der Waals surface area contributed by atoms with Crippen LogP contribution in [0.2, 0.25) is 0 Å². The van der Waals surface area contributed by atoms with Crippen molar-refractivity contribution < 1.29 is 40.2 Å². The van der Waals surface area contributed by atoms with Gasteiger partial charge >= 0.3 is 6.29 Å². The number of benzene rings is 1. The molecule has 4 heterocycles. The molecule has 8 nitrogen and oxygen atoms in total. The third kappa shape index (κ3) is 3.29. The lowest BCUT2D eigenvalue weighted by molar-refractivity contribution is -0.286. The van der Waals surface area contributed by atoms with Crippen molar-refractivity contribution >= 4 is 27.2 Å². The van der Waals surface area contributed by atoms with Crippen LogP contribution in [0.5, 0.6) is 11.5 Å². The fourth-order valence-electron chi connectivity index (χ4n) is 3.81. The van der Waals surface area contributed by atoms with Crippen LogP contribution in [0.3, 0.4) is 0 Å². The normalized spacial score (nSPS) is 17.2. The van der Waals surface area contributed by atoms with Crippen molar-refractivity contribution in [3.8, 4) is 11.5 Å². The van der Waals surface area contributed by atoms with Crippen LogP contribution in [0.15, 0.2) is 35.5 Å². The van der Waals surface area contributed by atoms with Crippen LogP contribution < -0.4 is 14.4 Å². The highest BCUT2D eigenvalue weighted by atomic mass is 32.2. The highest BCUT2D eigenvalue weighted by Gasteiger charge is 2.46. The number of imidazole rings is 1. The molecule has 1 aromatic carbocycles. The van der Waals surface area contributed by atoms with Gasteiger partial charge in [-0.1, -0.05) is 6.92 Å². The Kier molecular flexibility index (Phi) is 4.29. The number of pyridine rings is 1. The lowest BCUT2D eigenvalue weighted by Gasteiger charge is -2.15. The fourth-order valence-corrected chi connectivity index (χ4v) is 4.97. The summed E-state index contributed by atoms with van der Waals surface area (Å²) in [4.78, 5) is 18.4. The first-order valence-corrected chi connectivity index (χ1v) is 11.3. The number of fused-ring (bicyclic) bond motifs is 3. The Morgan fingerprint density at radius 2 is 1.85 bits per heavy atom. The average Bonchev–Trinajstić information content (AvgIpc) is 3.34. The van der Waals surface area contributed by atoms with Crippen LogP contribution in [0.1, 0.15) is 35.3 Å². The molecule has 0 fully saturated rings. The maximum Gasteiger partial charge on any atom is 0.586 e. The van der Waals surface area contributed by atoms with Crippen molar-refractivity contribution in [3.05, 3.63) is 47.2 Å². The van der Waals surface area contributed by atoms with Gasteiger partial charge in [-0.05, 0) is 29.8 Å². The molecule has 0 saturated heterocycles. The zero-order chi connectivity index (χ0) is 23.9. The minimum atomic E-state index is -3.96. The third-order valence-corrected chi connectivity index (χ3v) is 7.16. The van der Waals surface area contributed by atoms with Gasteiger partial charge in [-0.2, -0.15) is 0 Å². The first-order valence-electron chi connectivity index (χ1n) is 9.68. The SMILES string of the molecule is CCS(=O)(=O)c1c(N2Cc3cc4c(cc3C2=O)OC(F)(F)O4)nc2cc(C(C)(F)F)ccn12. The summed E-state index contributed by atoms with van der Waals surface area (Å²) < 4.78 is 90.0. The second-order valence-corrected chi connectivity index (χ2v) is 9.88. The Balaban J connectivity index is 1.65. The number of hydrogen-bond acceptors (Lipinski definition) is 6. The van der Waals surface area contributed by atoms with E-state index in [0.29, 0.717) is 6.92 Å². The van der Waals surface area contributed by atoms with E-state index in [1.807, 2.05) is 0 Å². The van der Waals surface area contributed by atoms with E-state index in [-0.39, 0.29) is 57.0 Å². The van der Waals surface area contributed by atoms with E-state index in [0.717, 1.165) is 33.7 Å². The van der Waals surface area contributed by atoms with Gasteiger partial charge in [-0.15, -0.1) is 8.78 Å². The van der Waals surface area contributed by atoms with E-state index in [9.17, 15) is 30.8 Å². The van der Waals surface area contributed by atoms with E-state index in [1.165, 1.54) is 13.0 Å². The number of rotatable bonds is 4. The van der Waals surface area contributed by atoms with Crippen LogP contribution in [-0.4, -0.2) is 35.8 Å². The van der Waals surface area contributed by atoms with E-state index < -0.39 is 28.0 Å². The maximum atomic E-state index is 13.8. The number of carbonyl (C=O) groups excluding carboxylic acids is 1. The Morgan fingerprint density at radius 3 is 2.48 bits per heavy atom. The summed E-state index contributed by atoms with van der Waals surface area (Å²) in [5, 5.41) is -0.335.